The van der Waals surface area contributed by atoms with Crippen molar-refractivity contribution in [2.45, 2.75) is 39.6 Å². The zero-order valence-corrected chi connectivity index (χ0v) is 19.0. The number of nitrogens with one attached hydrogen (secondary N) is 2. The maximum atomic E-state index is 12.9. The van der Waals surface area contributed by atoms with Gasteiger partial charge < -0.3 is 14.5 Å². The molecule has 1 amide bonds. The third-order valence-corrected chi connectivity index (χ3v) is 5.73. The van der Waals surface area contributed by atoms with E-state index in [9.17, 15) is 13.2 Å². The number of fused-ring (bicyclic) bond motifs is 1. The van der Waals surface area contributed by atoms with Crippen LogP contribution in [-0.2, 0) is 15.8 Å². The molecule has 2 aromatic carbocycles. The molecule has 31 heavy (non-hydrogen) atoms. The molecule has 0 saturated carbocycles. The lowest BCUT2D eigenvalue weighted by atomic mass is 10.1. The summed E-state index contributed by atoms with van der Waals surface area (Å²) < 4.78 is 38.4. The van der Waals surface area contributed by atoms with Crippen LogP contribution in [0.15, 0.2) is 53.1 Å². The lowest BCUT2D eigenvalue weighted by Gasteiger charge is -2.13. The molecule has 0 radical (unpaired) electrons. The van der Waals surface area contributed by atoms with Gasteiger partial charge >= 0.3 is 0 Å². The summed E-state index contributed by atoms with van der Waals surface area (Å²) in [5, 5.41) is 3.62. The first-order valence-corrected chi connectivity index (χ1v) is 11.8. The first kappa shape index (κ1) is 22.8. The van der Waals surface area contributed by atoms with Crippen molar-refractivity contribution >= 4 is 32.6 Å². The molecular formula is C23H28N2O5S. The number of amides is 1. The molecule has 0 bridgehead atoms. The number of hydrogen-bond acceptors (Lipinski definition) is 5. The number of ether oxygens (including phenoxy) is 1. The van der Waals surface area contributed by atoms with Crippen molar-refractivity contribution in [3.05, 3.63) is 59.9 Å². The molecule has 8 heteroatoms. The molecule has 0 atom stereocenters. The predicted octanol–water partition coefficient (Wildman–Crippen LogP) is 4.55. The summed E-state index contributed by atoms with van der Waals surface area (Å²) in [7, 11) is -3.45. The second kappa shape index (κ2) is 9.53. The van der Waals surface area contributed by atoms with E-state index >= 15 is 0 Å². The molecule has 0 saturated heterocycles. The van der Waals surface area contributed by atoms with Gasteiger partial charge in [0.2, 0.25) is 10.0 Å². The van der Waals surface area contributed by atoms with Gasteiger partial charge in [-0.05, 0) is 55.7 Å². The summed E-state index contributed by atoms with van der Waals surface area (Å²) in [6.07, 6.45) is 1.50. The van der Waals surface area contributed by atoms with Crippen LogP contribution < -0.4 is 14.8 Å². The van der Waals surface area contributed by atoms with Crippen molar-refractivity contribution in [1.82, 2.24) is 4.72 Å². The molecule has 0 aliphatic rings. The van der Waals surface area contributed by atoms with Gasteiger partial charge in [0.25, 0.3) is 5.91 Å². The maximum Gasteiger partial charge on any atom is 0.255 e. The lowest BCUT2D eigenvalue weighted by Crippen LogP contribution is -2.28. The molecule has 3 rings (SSSR count). The second-order valence-corrected chi connectivity index (χ2v) is 9.94. The van der Waals surface area contributed by atoms with Crippen LogP contribution in [0.2, 0.25) is 0 Å². The van der Waals surface area contributed by atoms with Gasteiger partial charge in [0.1, 0.15) is 11.3 Å². The fraction of sp³-hybridized carbons (Fsp3) is 0.348. The second-order valence-electron chi connectivity index (χ2n) is 8.13. The van der Waals surface area contributed by atoms with Crippen LogP contribution in [0.4, 0.5) is 5.69 Å². The molecule has 1 aromatic heterocycles. The van der Waals surface area contributed by atoms with Crippen molar-refractivity contribution in [2.75, 3.05) is 11.9 Å². The fourth-order valence-corrected chi connectivity index (χ4v) is 4.33. The Labute approximate surface area is 182 Å². The average molecular weight is 445 g/mol. The Hall–Kier alpha value is -2.84. The number of carbonyl (C=O) groups is 1. The van der Waals surface area contributed by atoms with Gasteiger partial charge in [0.05, 0.1) is 23.5 Å². The Kier molecular flexibility index (Phi) is 7.02. The maximum absolute atomic E-state index is 12.9. The third kappa shape index (κ3) is 6.32. The van der Waals surface area contributed by atoms with E-state index in [-0.39, 0.29) is 23.7 Å². The summed E-state index contributed by atoms with van der Waals surface area (Å²) in [6, 6.07) is 11.9. The first-order valence-electron chi connectivity index (χ1n) is 10.2. The minimum atomic E-state index is -3.45. The summed E-state index contributed by atoms with van der Waals surface area (Å²) in [5.74, 6) is 0.289. The number of anilines is 1. The topological polar surface area (TPSA) is 97.6 Å². The highest BCUT2D eigenvalue weighted by Crippen LogP contribution is 2.30. The van der Waals surface area contributed by atoms with E-state index in [0.29, 0.717) is 34.7 Å². The van der Waals surface area contributed by atoms with Gasteiger partial charge in [-0.3, -0.25) is 4.79 Å². The van der Waals surface area contributed by atoms with Crippen LogP contribution in [0.1, 0.15) is 43.6 Å². The van der Waals surface area contributed by atoms with E-state index < -0.39 is 10.0 Å². The van der Waals surface area contributed by atoms with Gasteiger partial charge in [0, 0.05) is 17.8 Å². The Bertz CT molecular complexity index is 1170. The molecule has 0 unspecified atom stereocenters. The van der Waals surface area contributed by atoms with Crippen LogP contribution in [-0.4, -0.2) is 27.0 Å². The highest BCUT2D eigenvalue weighted by Gasteiger charge is 2.16. The number of benzene rings is 2. The number of sulfonamides is 1. The van der Waals surface area contributed by atoms with Gasteiger partial charge in [-0.15, -0.1) is 0 Å². The quantitative estimate of drug-likeness (QED) is 0.505. The van der Waals surface area contributed by atoms with Crippen LogP contribution in [0.5, 0.6) is 5.75 Å². The van der Waals surface area contributed by atoms with E-state index in [0.717, 1.165) is 5.39 Å². The number of rotatable bonds is 9. The third-order valence-electron chi connectivity index (χ3n) is 4.41. The molecule has 0 aliphatic heterocycles. The molecule has 1 heterocycles. The number of furan rings is 1. The molecule has 166 valence electrons. The Balaban J connectivity index is 1.77. The van der Waals surface area contributed by atoms with E-state index in [2.05, 4.69) is 10.0 Å². The standard InChI is InChI=1S/C23H28N2O5S/c1-15(2)13-24-31(27,28)14-17-6-5-7-19(10-17)25-23(26)18-11-21-20(8-9-29-21)22(12-18)30-16(3)4/h5-12,15-16,24H,13-14H2,1-4H3,(H,25,26). The van der Waals surface area contributed by atoms with Crippen molar-refractivity contribution < 1.29 is 22.4 Å². The van der Waals surface area contributed by atoms with Crippen molar-refractivity contribution in [3.8, 4) is 5.75 Å². The molecular weight excluding hydrogens is 416 g/mol. The Morgan fingerprint density at radius 2 is 1.87 bits per heavy atom. The highest BCUT2D eigenvalue weighted by molar-refractivity contribution is 7.88. The summed E-state index contributed by atoms with van der Waals surface area (Å²) >= 11 is 0. The van der Waals surface area contributed by atoms with Gasteiger partial charge in [-0.2, -0.15) is 0 Å². The summed E-state index contributed by atoms with van der Waals surface area (Å²) in [5.41, 5.74) is 2.03. The normalized spacial score (nSPS) is 11.9. The minimum absolute atomic E-state index is 0.0562. The Morgan fingerprint density at radius 1 is 1.10 bits per heavy atom. The van der Waals surface area contributed by atoms with Crippen LogP contribution in [0.25, 0.3) is 11.0 Å². The largest absolute Gasteiger partial charge is 0.490 e. The zero-order valence-electron chi connectivity index (χ0n) is 18.1. The summed E-state index contributed by atoms with van der Waals surface area (Å²) in [4.78, 5) is 12.9. The summed E-state index contributed by atoms with van der Waals surface area (Å²) in [6.45, 7) is 8.09. The van der Waals surface area contributed by atoms with Gasteiger partial charge in [0.15, 0.2) is 0 Å². The molecule has 7 nitrogen and oxygen atoms in total. The fourth-order valence-electron chi connectivity index (χ4n) is 3.03. The van der Waals surface area contributed by atoms with Crippen molar-refractivity contribution in [3.63, 3.8) is 0 Å². The van der Waals surface area contributed by atoms with Crippen LogP contribution in [0, 0.1) is 5.92 Å². The van der Waals surface area contributed by atoms with Crippen molar-refractivity contribution in [1.29, 1.82) is 0 Å². The van der Waals surface area contributed by atoms with E-state index in [1.165, 1.54) is 0 Å². The number of carbonyl (C=O) groups excluding carboxylic acids is 1. The Morgan fingerprint density at radius 3 is 2.58 bits per heavy atom. The van der Waals surface area contributed by atoms with Crippen LogP contribution in [0.3, 0.4) is 0 Å². The first-order chi connectivity index (χ1) is 14.6. The smallest absolute Gasteiger partial charge is 0.255 e. The zero-order chi connectivity index (χ0) is 22.6. The number of hydrogen-bond donors (Lipinski definition) is 2. The molecule has 2 N–H and O–H groups in total. The van der Waals surface area contributed by atoms with Gasteiger partial charge in [-0.25, -0.2) is 13.1 Å². The van der Waals surface area contributed by atoms with Crippen molar-refractivity contribution in [2.24, 2.45) is 5.92 Å². The van der Waals surface area contributed by atoms with Crippen LogP contribution >= 0.6 is 0 Å². The minimum Gasteiger partial charge on any atom is -0.490 e. The average Bonchev–Trinajstić information content (AvgIpc) is 3.15. The molecule has 0 aliphatic carbocycles. The lowest BCUT2D eigenvalue weighted by molar-refractivity contribution is 0.102. The van der Waals surface area contributed by atoms with E-state index in [1.54, 1.807) is 48.7 Å². The predicted molar refractivity (Wildman–Crippen MR) is 122 cm³/mol. The highest BCUT2D eigenvalue weighted by atomic mass is 32.2. The monoisotopic (exact) mass is 444 g/mol. The van der Waals surface area contributed by atoms with Gasteiger partial charge in [-0.1, -0.05) is 26.0 Å². The SMILES string of the molecule is CC(C)CNS(=O)(=O)Cc1cccc(NC(=O)c2cc(OC(C)C)c3ccoc3c2)c1. The van der Waals surface area contributed by atoms with E-state index in [1.807, 2.05) is 27.7 Å². The molecule has 0 spiro atoms. The molecule has 0 fully saturated rings. The molecule has 3 aromatic rings. The van der Waals surface area contributed by atoms with E-state index in [4.69, 9.17) is 9.15 Å².